The predicted octanol–water partition coefficient (Wildman–Crippen LogP) is 5.56. The molecule has 0 fully saturated rings. The lowest BCUT2D eigenvalue weighted by Crippen LogP contribution is -2.41. The second-order valence-electron chi connectivity index (χ2n) is 5.96. The summed E-state index contributed by atoms with van der Waals surface area (Å²) in [5, 5.41) is 0. The van der Waals surface area contributed by atoms with Gasteiger partial charge in [-0.25, -0.2) is 8.78 Å². The molecule has 1 heterocycles. The molecule has 1 amide bonds. The van der Waals surface area contributed by atoms with Crippen LogP contribution in [0.15, 0.2) is 46.9 Å². The number of methoxy groups -OCH3 is 1. The SMILES string of the molecule is COc1cc(Br)c2c(c1)/C(=C/C(F)F)c1ccccc1N(C(=O)C(F)(F)F)C2. The average molecular weight is 462 g/mol. The molecule has 3 nitrogen and oxygen atoms in total. The first-order chi connectivity index (χ1) is 13.1. The van der Waals surface area contributed by atoms with Crippen LogP contribution in [0.5, 0.6) is 5.75 Å². The highest BCUT2D eigenvalue weighted by Gasteiger charge is 2.44. The molecule has 0 aliphatic carbocycles. The molecule has 1 aliphatic heterocycles. The molecular formula is C19H13BrF5NO2. The Balaban J connectivity index is 2.36. The Labute approximate surface area is 165 Å². The van der Waals surface area contributed by atoms with Gasteiger partial charge in [0.1, 0.15) is 5.75 Å². The van der Waals surface area contributed by atoms with Crippen LogP contribution in [-0.4, -0.2) is 25.6 Å². The highest BCUT2D eigenvalue weighted by molar-refractivity contribution is 9.10. The lowest BCUT2D eigenvalue weighted by molar-refractivity contribution is -0.170. The van der Waals surface area contributed by atoms with Crippen molar-refractivity contribution < 1.29 is 31.5 Å². The number of benzene rings is 2. The predicted molar refractivity (Wildman–Crippen MR) is 97.5 cm³/mol. The number of allylic oxidation sites excluding steroid dienone is 1. The van der Waals surface area contributed by atoms with E-state index < -0.39 is 25.1 Å². The second-order valence-corrected chi connectivity index (χ2v) is 6.81. The molecule has 9 heteroatoms. The number of nitrogens with zero attached hydrogens (tertiary/aromatic N) is 1. The van der Waals surface area contributed by atoms with Crippen LogP contribution in [0.25, 0.3) is 5.57 Å². The molecule has 2 aromatic carbocycles. The Kier molecular flexibility index (Phi) is 5.47. The number of rotatable bonds is 2. The maximum absolute atomic E-state index is 13.3. The Morgan fingerprint density at radius 1 is 1.21 bits per heavy atom. The zero-order valence-electron chi connectivity index (χ0n) is 14.4. The first-order valence-corrected chi connectivity index (χ1v) is 8.77. The number of carbonyl (C=O) groups excluding carboxylic acids is 1. The molecule has 0 unspecified atom stereocenters. The summed E-state index contributed by atoms with van der Waals surface area (Å²) in [5.74, 6) is -1.74. The Morgan fingerprint density at radius 3 is 2.50 bits per heavy atom. The molecule has 148 valence electrons. The van der Waals surface area contributed by atoms with Crippen LogP contribution in [0.1, 0.15) is 16.7 Å². The van der Waals surface area contributed by atoms with Crippen molar-refractivity contribution in [3.8, 4) is 5.75 Å². The number of halogens is 6. The van der Waals surface area contributed by atoms with E-state index in [1.807, 2.05) is 0 Å². The van der Waals surface area contributed by atoms with Gasteiger partial charge in [-0.15, -0.1) is 0 Å². The lowest BCUT2D eigenvalue weighted by atomic mass is 9.94. The van der Waals surface area contributed by atoms with Gasteiger partial charge in [0, 0.05) is 10.0 Å². The van der Waals surface area contributed by atoms with E-state index in [4.69, 9.17) is 4.74 Å². The standard InChI is InChI=1S/C19H13BrF5NO2/c1-28-10-6-12-13(8-17(21)22)11-4-2-3-5-16(11)26(18(27)19(23,24)25)9-14(12)15(20)7-10/h2-8,17H,9H2,1H3/b13-8+. The van der Waals surface area contributed by atoms with Crippen LogP contribution in [0.2, 0.25) is 0 Å². The van der Waals surface area contributed by atoms with Crippen LogP contribution in [0.4, 0.5) is 27.6 Å². The maximum atomic E-state index is 13.3. The number of para-hydroxylation sites is 1. The van der Waals surface area contributed by atoms with Gasteiger partial charge in [-0.05, 0) is 41.0 Å². The summed E-state index contributed by atoms with van der Waals surface area (Å²) in [4.78, 5) is 12.7. The van der Waals surface area contributed by atoms with Gasteiger partial charge in [0.2, 0.25) is 0 Å². The summed E-state index contributed by atoms with van der Waals surface area (Å²) in [5.41, 5.74) is 0.550. The van der Waals surface area contributed by atoms with Crippen molar-refractivity contribution in [2.45, 2.75) is 19.1 Å². The Morgan fingerprint density at radius 2 is 1.89 bits per heavy atom. The number of ether oxygens (including phenoxy) is 1. The molecule has 1 aliphatic rings. The molecule has 0 radical (unpaired) electrons. The molecule has 0 aromatic heterocycles. The van der Waals surface area contributed by atoms with Crippen LogP contribution in [0, 0.1) is 0 Å². The molecule has 28 heavy (non-hydrogen) atoms. The minimum atomic E-state index is -5.12. The van der Waals surface area contributed by atoms with Gasteiger partial charge in [0.25, 0.3) is 6.43 Å². The summed E-state index contributed by atoms with van der Waals surface area (Å²) in [6.45, 7) is -0.449. The van der Waals surface area contributed by atoms with Gasteiger partial charge in [-0.1, -0.05) is 34.1 Å². The summed E-state index contributed by atoms with van der Waals surface area (Å²) in [6.07, 6.45) is -7.32. The van der Waals surface area contributed by atoms with Gasteiger partial charge in [0.15, 0.2) is 0 Å². The van der Waals surface area contributed by atoms with Gasteiger partial charge in [-0.2, -0.15) is 13.2 Å². The zero-order chi connectivity index (χ0) is 20.6. The molecule has 2 aromatic rings. The summed E-state index contributed by atoms with van der Waals surface area (Å²) in [6, 6.07) is 8.63. The quantitative estimate of drug-likeness (QED) is 0.547. The fraction of sp³-hybridized carbons (Fsp3) is 0.211. The van der Waals surface area contributed by atoms with Gasteiger partial charge >= 0.3 is 12.1 Å². The van der Waals surface area contributed by atoms with Crippen LogP contribution < -0.4 is 9.64 Å². The van der Waals surface area contributed by atoms with E-state index in [-0.39, 0.29) is 28.0 Å². The highest BCUT2D eigenvalue weighted by atomic mass is 79.9. The van der Waals surface area contributed by atoms with E-state index in [2.05, 4.69) is 15.9 Å². The smallest absolute Gasteiger partial charge is 0.471 e. The van der Waals surface area contributed by atoms with Gasteiger partial charge < -0.3 is 4.74 Å². The lowest BCUT2D eigenvalue weighted by Gasteiger charge is -2.24. The van der Waals surface area contributed by atoms with Crippen LogP contribution in [-0.2, 0) is 11.3 Å². The van der Waals surface area contributed by atoms with Crippen LogP contribution in [0.3, 0.4) is 0 Å². The second kappa shape index (κ2) is 7.54. The monoisotopic (exact) mass is 461 g/mol. The van der Waals surface area contributed by atoms with E-state index in [0.29, 0.717) is 21.2 Å². The van der Waals surface area contributed by atoms with Crippen molar-refractivity contribution in [3.05, 3.63) is 63.6 Å². The number of carbonyl (C=O) groups is 1. The van der Waals surface area contributed by atoms with Crippen molar-refractivity contribution in [2.75, 3.05) is 12.0 Å². The van der Waals surface area contributed by atoms with Crippen molar-refractivity contribution in [2.24, 2.45) is 0 Å². The maximum Gasteiger partial charge on any atom is 0.471 e. The van der Waals surface area contributed by atoms with E-state index in [1.165, 1.54) is 43.5 Å². The normalized spacial score (nSPS) is 15.3. The number of hydrogen-bond acceptors (Lipinski definition) is 2. The van der Waals surface area contributed by atoms with Crippen molar-refractivity contribution in [1.29, 1.82) is 0 Å². The summed E-state index contributed by atoms with van der Waals surface area (Å²) in [7, 11) is 1.38. The van der Waals surface area contributed by atoms with E-state index in [1.54, 1.807) is 0 Å². The number of amides is 1. The van der Waals surface area contributed by atoms with Gasteiger partial charge in [-0.3, -0.25) is 9.69 Å². The fourth-order valence-electron chi connectivity index (χ4n) is 3.10. The van der Waals surface area contributed by atoms with Crippen molar-refractivity contribution >= 4 is 33.1 Å². The molecule has 0 bridgehead atoms. The molecule has 0 N–H and O–H groups in total. The highest BCUT2D eigenvalue weighted by Crippen LogP contribution is 2.43. The summed E-state index contributed by atoms with van der Waals surface area (Å²) < 4.78 is 71.7. The topological polar surface area (TPSA) is 29.5 Å². The average Bonchev–Trinajstić information content (AvgIpc) is 2.76. The fourth-order valence-corrected chi connectivity index (χ4v) is 3.66. The zero-order valence-corrected chi connectivity index (χ0v) is 15.9. The third-order valence-electron chi connectivity index (χ3n) is 4.28. The summed E-state index contributed by atoms with van der Waals surface area (Å²) >= 11 is 3.26. The first kappa shape index (κ1) is 20.3. The molecule has 0 saturated carbocycles. The number of hydrogen-bond donors (Lipinski definition) is 0. The Bertz CT molecular complexity index is 956. The minimum absolute atomic E-state index is 0.0256. The van der Waals surface area contributed by atoms with Crippen molar-refractivity contribution in [3.63, 3.8) is 0 Å². The van der Waals surface area contributed by atoms with Crippen molar-refractivity contribution in [1.82, 2.24) is 0 Å². The third-order valence-corrected chi connectivity index (χ3v) is 4.98. The Hall–Kier alpha value is -2.42. The third kappa shape index (κ3) is 3.76. The van der Waals surface area contributed by atoms with Gasteiger partial charge in [0.05, 0.1) is 19.3 Å². The van der Waals surface area contributed by atoms with Crippen LogP contribution >= 0.6 is 15.9 Å². The number of anilines is 1. The van der Waals surface area contributed by atoms with E-state index >= 15 is 0 Å². The number of fused-ring (bicyclic) bond motifs is 2. The molecule has 0 atom stereocenters. The minimum Gasteiger partial charge on any atom is -0.497 e. The van der Waals surface area contributed by atoms with E-state index in [0.717, 1.165) is 0 Å². The largest absolute Gasteiger partial charge is 0.497 e. The molecule has 3 rings (SSSR count). The van der Waals surface area contributed by atoms with E-state index in [9.17, 15) is 26.7 Å². The first-order valence-electron chi connectivity index (χ1n) is 7.98. The molecule has 0 saturated heterocycles. The molecule has 0 spiro atoms. The molecular weight excluding hydrogens is 449 g/mol. The number of alkyl halides is 5.